The zero-order valence-electron chi connectivity index (χ0n) is 9.97. The van der Waals surface area contributed by atoms with Crippen molar-refractivity contribution in [2.45, 2.75) is 12.8 Å². The fourth-order valence-electron chi connectivity index (χ4n) is 2.35. The fourth-order valence-corrected chi connectivity index (χ4v) is 2.69. The zero-order valence-corrected chi connectivity index (χ0v) is 11.6. The molecule has 1 atom stereocenters. The van der Waals surface area contributed by atoms with Crippen molar-refractivity contribution < 1.29 is 4.74 Å². The van der Waals surface area contributed by atoms with Crippen molar-refractivity contribution in [3.8, 4) is 5.75 Å². The van der Waals surface area contributed by atoms with Gasteiger partial charge in [0.25, 0.3) is 0 Å². The van der Waals surface area contributed by atoms with Crippen LogP contribution in [0.25, 0.3) is 0 Å². The highest BCUT2D eigenvalue weighted by atomic mass is 79.9. The van der Waals surface area contributed by atoms with Gasteiger partial charge in [-0.25, -0.2) is 0 Å². The molecular formula is C15H14BrNO. The largest absolute Gasteiger partial charge is 0.493 e. The molecule has 0 radical (unpaired) electrons. The maximum atomic E-state index is 5.83. The third-order valence-electron chi connectivity index (χ3n) is 3.24. The highest BCUT2D eigenvalue weighted by Gasteiger charge is 2.20. The van der Waals surface area contributed by atoms with Gasteiger partial charge in [0.1, 0.15) is 5.75 Å². The van der Waals surface area contributed by atoms with Crippen LogP contribution in [0.2, 0.25) is 0 Å². The number of rotatable bonds is 2. The summed E-state index contributed by atoms with van der Waals surface area (Å²) in [5, 5.41) is 0. The third kappa shape index (κ3) is 2.56. The van der Waals surface area contributed by atoms with Crippen molar-refractivity contribution in [2.75, 3.05) is 6.61 Å². The van der Waals surface area contributed by atoms with Gasteiger partial charge >= 0.3 is 0 Å². The van der Waals surface area contributed by atoms with Gasteiger partial charge in [-0.2, -0.15) is 0 Å². The van der Waals surface area contributed by atoms with E-state index in [0.29, 0.717) is 5.92 Å². The lowest BCUT2D eigenvalue weighted by atomic mass is 9.93. The molecule has 1 aliphatic heterocycles. The van der Waals surface area contributed by atoms with Crippen LogP contribution in [0.1, 0.15) is 11.3 Å². The minimum atomic E-state index is 0.522. The maximum Gasteiger partial charge on any atom is 0.123 e. The molecular weight excluding hydrogens is 290 g/mol. The average molecular weight is 304 g/mol. The molecule has 1 aromatic heterocycles. The van der Waals surface area contributed by atoms with Crippen LogP contribution in [0.5, 0.6) is 5.75 Å². The van der Waals surface area contributed by atoms with Gasteiger partial charge in [0.05, 0.1) is 6.61 Å². The summed E-state index contributed by atoms with van der Waals surface area (Å²) in [6, 6.07) is 12.3. The van der Waals surface area contributed by atoms with Gasteiger partial charge in [-0.3, -0.25) is 4.98 Å². The lowest BCUT2D eigenvalue weighted by Crippen LogP contribution is -2.23. The highest BCUT2D eigenvalue weighted by molar-refractivity contribution is 9.10. The molecule has 1 aliphatic rings. The molecule has 0 fully saturated rings. The van der Waals surface area contributed by atoms with Gasteiger partial charge in [0.15, 0.2) is 0 Å². The van der Waals surface area contributed by atoms with Gasteiger partial charge < -0.3 is 4.74 Å². The van der Waals surface area contributed by atoms with Crippen molar-refractivity contribution in [1.82, 2.24) is 4.98 Å². The molecule has 18 heavy (non-hydrogen) atoms. The number of fused-ring (bicyclic) bond motifs is 1. The summed E-state index contributed by atoms with van der Waals surface area (Å²) < 4.78 is 6.90. The standard InChI is InChI=1S/C15H14BrNO/c16-13-5-4-12-7-11(10-18-15(12)9-13)8-14-3-1-2-6-17-14/h1-6,9,11H,7-8,10H2. The Kier molecular flexibility index (Phi) is 3.33. The SMILES string of the molecule is Brc1ccc2c(c1)OCC(Cc1ccccn1)C2. The van der Waals surface area contributed by atoms with Crippen molar-refractivity contribution in [3.05, 3.63) is 58.3 Å². The van der Waals surface area contributed by atoms with E-state index in [0.717, 1.165) is 35.4 Å². The zero-order chi connectivity index (χ0) is 12.4. The number of pyridine rings is 1. The molecule has 0 aliphatic carbocycles. The highest BCUT2D eigenvalue weighted by Crippen LogP contribution is 2.31. The van der Waals surface area contributed by atoms with Crippen LogP contribution in [0.3, 0.4) is 0 Å². The number of hydrogen-bond acceptors (Lipinski definition) is 2. The third-order valence-corrected chi connectivity index (χ3v) is 3.73. The first kappa shape index (κ1) is 11.7. The average Bonchev–Trinajstić information content (AvgIpc) is 2.40. The lowest BCUT2D eigenvalue weighted by molar-refractivity contribution is 0.220. The Morgan fingerprint density at radius 2 is 2.22 bits per heavy atom. The number of nitrogens with zero attached hydrogens (tertiary/aromatic N) is 1. The van der Waals surface area contributed by atoms with Gasteiger partial charge in [-0.05, 0) is 42.7 Å². The van der Waals surface area contributed by atoms with Crippen molar-refractivity contribution in [2.24, 2.45) is 5.92 Å². The van der Waals surface area contributed by atoms with Crippen LogP contribution in [0, 0.1) is 5.92 Å². The van der Waals surface area contributed by atoms with E-state index in [9.17, 15) is 0 Å². The first-order chi connectivity index (χ1) is 8.81. The second-order valence-corrected chi connectivity index (χ2v) is 5.57. The Hall–Kier alpha value is -1.35. The van der Waals surface area contributed by atoms with Gasteiger partial charge in [0, 0.05) is 22.3 Å². The van der Waals surface area contributed by atoms with Gasteiger partial charge in [0.2, 0.25) is 0 Å². The van der Waals surface area contributed by atoms with E-state index < -0.39 is 0 Å². The predicted octanol–water partition coefficient (Wildman–Crippen LogP) is 3.64. The Balaban J connectivity index is 1.73. The van der Waals surface area contributed by atoms with Crippen LogP contribution in [0.4, 0.5) is 0 Å². The predicted molar refractivity (Wildman–Crippen MR) is 74.8 cm³/mol. The molecule has 3 heteroatoms. The Morgan fingerprint density at radius 1 is 1.28 bits per heavy atom. The summed E-state index contributed by atoms with van der Waals surface area (Å²) in [5.41, 5.74) is 2.44. The molecule has 0 bridgehead atoms. The van der Waals surface area contributed by atoms with Crippen LogP contribution >= 0.6 is 15.9 Å². The number of halogens is 1. The Morgan fingerprint density at radius 3 is 3.06 bits per heavy atom. The molecule has 2 aromatic rings. The Labute approximate surface area is 115 Å². The summed E-state index contributed by atoms with van der Waals surface area (Å²) in [6.45, 7) is 0.778. The topological polar surface area (TPSA) is 22.1 Å². The maximum absolute atomic E-state index is 5.83. The molecule has 0 spiro atoms. The molecule has 2 nitrogen and oxygen atoms in total. The second kappa shape index (κ2) is 5.11. The van der Waals surface area contributed by atoms with Crippen molar-refractivity contribution in [1.29, 1.82) is 0 Å². The molecule has 0 N–H and O–H groups in total. The second-order valence-electron chi connectivity index (χ2n) is 4.66. The van der Waals surface area contributed by atoms with Crippen LogP contribution in [0.15, 0.2) is 47.1 Å². The summed E-state index contributed by atoms with van der Waals surface area (Å²) in [7, 11) is 0. The van der Waals surface area contributed by atoms with E-state index in [1.165, 1.54) is 5.56 Å². The molecule has 0 saturated heterocycles. The molecule has 92 valence electrons. The van der Waals surface area contributed by atoms with E-state index in [-0.39, 0.29) is 0 Å². The monoisotopic (exact) mass is 303 g/mol. The number of aromatic nitrogens is 1. The normalized spacial score (nSPS) is 17.9. The van der Waals surface area contributed by atoms with Crippen molar-refractivity contribution >= 4 is 15.9 Å². The lowest BCUT2D eigenvalue weighted by Gasteiger charge is -2.25. The summed E-state index contributed by atoms with van der Waals surface area (Å²) >= 11 is 3.47. The first-order valence-corrected chi connectivity index (χ1v) is 6.92. The smallest absolute Gasteiger partial charge is 0.123 e. The molecule has 1 unspecified atom stereocenters. The van der Waals surface area contributed by atoms with Gasteiger partial charge in [-0.1, -0.05) is 28.1 Å². The van der Waals surface area contributed by atoms with E-state index in [1.54, 1.807) is 0 Å². The number of ether oxygens (including phenoxy) is 1. The summed E-state index contributed by atoms with van der Waals surface area (Å²) in [5.74, 6) is 1.54. The summed E-state index contributed by atoms with van der Waals surface area (Å²) in [6.07, 6.45) is 3.90. The van der Waals surface area contributed by atoms with Crippen LogP contribution in [-0.4, -0.2) is 11.6 Å². The Bertz CT molecular complexity index is 541. The molecule has 0 amide bonds. The number of benzene rings is 1. The van der Waals surface area contributed by atoms with Crippen molar-refractivity contribution in [3.63, 3.8) is 0 Å². The van der Waals surface area contributed by atoms with E-state index in [2.05, 4.69) is 39.1 Å². The first-order valence-electron chi connectivity index (χ1n) is 6.12. The fraction of sp³-hybridized carbons (Fsp3) is 0.267. The molecule has 3 rings (SSSR count). The molecule has 0 saturated carbocycles. The van der Waals surface area contributed by atoms with Crippen LogP contribution < -0.4 is 4.74 Å². The minimum Gasteiger partial charge on any atom is -0.493 e. The minimum absolute atomic E-state index is 0.522. The summed E-state index contributed by atoms with van der Waals surface area (Å²) in [4.78, 5) is 4.38. The van der Waals surface area contributed by atoms with E-state index >= 15 is 0 Å². The van der Waals surface area contributed by atoms with E-state index in [1.807, 2.05) is 24.4 Å². The quantitative estimate of drug-likeness (QED) is 0.845. The van der Waals surface area contributed by atoms with Crippen LogP contribution in [-0.2, 0) is 12.8 Å². The molecule has 2 heterocycles. The molecule has 1 aromatic carbocycles. The van der Waals surface area contributed by atoms with Gasteiger partial charge in [-0.15, -0.1) is 0 Å². The van der Waals surface area contributed by atoms with E-state index in [4.69, 9.17) is 4.74 Å². The number of hydrogen-bond donors (Lipinski definition) is 0.